The molecule has 6 heteroatoms. The number of rotatable bonds is 8. The smallest absolute Gasteiger partial charge is 0.280 e. The predicted molar refractivity (Wildman–Crippen MR) is 71.1 cm³/mol. The molecule has 3 nitrogen and oxygen atoms in total. The summed E-state index contributed by atoms with van der Waals surface area (Å²) in [4.78, 5) is 5.12. The number of alkyl halides is 3. The summed E-state index contributed by atoms with van der Waals surface area (Å²) in [6.07, 6.45) is -2.59. The second-order valence-corrected chi connectivity index (χ2v) is 4.46. The lowest BCUT2D eigenvalue weighted by atomic mass is 10.0. The van der Waals surface area contributed by atoms with Gasteiger partial charge in [0, 0.05) is 0 Å². The van der Waals surface area contributed by atoms with Gasteiger partial charge in [-0.15, -0.1) is 11.8 Å². The second-order valence-electron chi connectivity index (χ2n) is 4.46. The van der Waals surface area contributed by atoms with Gasteiger partial charge in [-0.3, -0.25) is 4.84 Å². The number of hydrogen-bond donors (Lipinski definition) is 1. The van der Waals surface area contributed by atoms with Crippen LogP contribution in [0.4, 0.5) is 13.2 Å². The highest BCUT2D eigenvalue weighted by atomic mass is 19.4. The SMILES string of the molecule is C=CCCC(CN(N)OCc1ccccc1)C(F)(F)F. The largest absolute Gasteiger partial charge is 0.393 e. The fourth-order valence-electron chi connectivity index (χ4n) is 1.68. The van der Waals surface area contributed by atoms with Crippen LogP contribution in [0.1, 0.15) is 18.4 Å². The highest BCUT2D eigenvalue weighted by Crippen LogP contribution is 2.30. The lowest BCUT2D eigenvalue weighted by molar-refractivity contribution is -0.229. The topological polar surface area (TPSA) is 38.5 Å². The monoisotopic (exact) mass is 288 g/mol. The van der Waals surface area contributed by atoms with Gasteiger partial charge >= 0.3 is 6.18 Å². The number of nitrogens with two attached hydrogens (primary N) is 1. The van der Waals surface area contributed by atoms with Crippen molar-refractivity contribution in [2.45, 2.75) is 25.6 Å². The van der Waals surface area contributed by atoms with Crippen molar-refractivity contribution in [2.24, 2.45) is 11.8 Å². The molecule has 0 amide bonds. The van der Waals surface area contributed by atoms with Crippen LogP contribution in [0.25, 0.3) is 0 Å². The molecule has 0 radical (unpaired) electrons. The zero-order valence-corrected chi connectivity index (χ0v) is 11.1. The van der Waals surface area contributed by atoms with Gasteiger partial charge in [0.1, 0.15) is 0 Å². The Hall–Kier alpha value is -1.37. The van der Waals surface area contributed by atoms with Crippen LogP contribution in [0.5, 0.6) is 0 Å². The van der Waals surface area contributed by atoms with Gasteiger partial charge in [0.25, 0.3) is 0 Å². The maximum absolute atomic E-state index is 12.8. The third-order valence-electron chi connectivity index (χ3n) is 2.82. The molecule has 0 aliphatic carbocycles. The second kappa shape index (κ2) is 8.04. The minimum absolute atomic E-state index is 0.0462. The molecule has 0 saturated carbocycles. The van der Waals surface area contributed by atoms with Crippen LogP contribution in [0.2, 0.25) is 0 Å². The first-order valence-corrected chi connectivity index (χ1v) is 6.30. The zero-order chi connectivity index (χ0) is 15.0. The lowest BCUT2D eigenvalue weighted by Crippen LogP contribution is -2.40. The van der Waals surface area contributed by atoms with E-state index in [1.807, 2.05) is 30.3 Å². The Morgan fingerprint density at radius 3 is 2.50 bits per heavy atom. The molecule has 0 bridgehead atoms. The van der Waals surface area contributed by atoms with E-state index in [9.17, 15) is 13.2 Å². The molecule has 0 heterocycles. The third kappa shape index (κ3) is 6.18. The number of hydrazine groups is 1. The van der Waals surface area contributed by atoms with Crippen molar-refractivity contribution in [1.82, 2.24) is 5.17 Å². The summed E-state index contributed by atoms with van der Waals surface area (Å²) in [5, 5.41) is 0.758. The van der Waals surface area contributed by atoms with Crippen LogP contribution >= 0.6 is 0 Å². The van der Waals surface area contributed by atoms with E-state index in [-0.39, 0.29) is 19.4 Å². The van der Waals surface area contributed by atoms with Crippen LogP contribution < -0.4 is 5.84 Å². The van der Waals surface area contributed by atoms with Gasteiger partial charge in [-0.1, -0.05) is 36.4 Å². The average Bonchev–Trinajstić information content (AvgIpc) is 2.41. The maximum atomic E-state index is 12.8. The minimum Gasteiger partial charge on any atom is -0.280 e. The number of halogens is 3. The van der Waals surface area contributed by atoms with E-state index >= 15 is 0 Å². The summed E-state index contributed by atoms with van der Waals surface area (Å²) in [6.45, 7) is 3.17. The number of nitrogens with zero attached hydrogens (tertiary/aromatic N) is 1. The first kappa shape index (κ1) is 16.7. The number of hydroxylamine groups is 1. The zero-order valence-electron chi connectivity index (χ0n) is 11.1. The quantitative estimate of drug-likeness (QED) is 0.452. The van der Waals surface area contributed by atoms with Gasteiger partial charge in [-0.05, 0) is 18.4 Å². The van der Waals surface area contributed by atoms with Crippen molar-refractivity contribution < 1.29 is 18.0 Å². The summed E-state index contributed by atoms with van der Waals surface area (Å²) in [5.74, 6) is 3.95. The Labute approximate surface area is 116 Å². The summed E-state index contributed by atoms with van der Waals surface area (Å²) >= 11 is 0. The normalized spacial score (nSPS) is 13.4. The Morgan fingerprint density at radius 1 is 1.30 bits per heavy atom. The molecule has 1 unspecified atom stereocenters. The van der Waals surface area contributed by atoms with Crippen molar-refractivity contribution in [3.63, 3.8) is 0 Å². The van der Waals surface area contributed by atoms with Crippen molar-refractivity contribution in [3.05, 3.63) is 48.6 Å². The first-order valence-electron chi connectivity index (χ1n) is 6.30. The molecular formula is C14H19F3N2O. The number of allylic oxidation sites excluding steroid dienone is 1. The van der Waals surface area contributed by atoms with Gasteiger partial charge in [-0.25, -0.2) is 5.84 Å². The standard InChI is InChI=1S/C14H19F3N2O/c1-2-3-9-13(14(15,16)17)10-19(18)20-11-12-7-5-4-6-8-12/h2,4-8,13H,1,3,9-11,18H2. The summed E-state index contributed by atoms with van der Waals surface area (Å²) in [6, 6.07) is 9.11. The fraction of sp³-hybridized carbons (Fsp3) is 0.429. The molecule has 112 valence electrons. The molecule has 0 fully saturated rings. The van der Waals surface area contributed by atoms with Gasteiger partial charge < -0.3 is 0 Å². The van der Waals surface area contributed by atoms with Gasteiger partial charge in [0.2, 0.25) is 0 Å². The lowest BCUT2D eigenvalue weighted by Gasteiger charge is -2.24. The Morgan fingerprint density at radius 2 is 1.95 bits per heavy atom. The Bertz CT molecular complexity index is 395. The molecule has 0 aromatic heterocycles. The summed E-state index contributed by atoms with van der Waals surface area (Å²) in [7, 11) is 0. The van der Waals surface area contributed by atoms with Gasteiger partial charge in [0.05, 0.1) is 19.1 Å². The van der Waals surface area contributed by atoms with Crippen molar-refractivity contribution in [2.75, 3.05) is 6.54 Å². The predicted octanol–water partition coefficient (Wildman–Crippen LogP) is 3.44. The molecule has 20 heavy (non-hydrogen) atoms. The van der Waals surface area contributed by atoms with Crippen LogP contribution in [0.15, 0.2) is 43.0 Å². The molecule has 0 saturated heterocycles. The summed E-state index contributed by atoms with van der Waals surface area (Å²) in [5.41, 5.74) is 0.845. The van der Waals surface area contributed by atoms with E-state index in [1.54, 1.807) is 0 Å². The number of benzene rings is 1. The maximum Gasteiger partial charge on any atom is 0.393 e. The van der Waals surface area contributed by atoms with Crippen LogP contribution in [0.3, 0.4) is 0 Å². The van der Waals surface area contributed by atoms with E-state index in [4.69, 9.17) is 10.7 Å². The van der Waals surface area contributed by atoms with E-state index < -0.39 is 18.6 Å². The average molecular weight is 288 g/mol. The van der Waals surface area contributed by atoms with Crippen LogP contribution in [-0.2, 0) is 11.4 Å². The molecule has 0 aliphatic rings. The van der Waals surface area contributed by atoms with E-state index in [1.165, 1.54) is 6.08 Å². The molecule has 1 atom stereocenters. The van der Waals surface area contributed by atoms with Crippen molar-refractivity contribution in [3.8, 4) is 0 Å². The number of hydrogen-bond acceptors (Lipinski definition) is 3. The summed E-state index contributed by atoms with van der Waals surface area (Å²) < 4.78 is 38.4. The van der Waals surface area contributed by atoms with E-state index in [0.29, 0.717) is 0 Å². The van der Waals surface area contributed by atoms with Gasteiger partial charge in [-0.2, -0.15) is 13.2 Å². The molecule has 1 aromatic carbocycles. The fourth-order valence-corrected chi connectivity index (χ4v) is 1.68. The Kier molecular flexibility index (Phi) is 6.70. The molecule has 1 rings (SSSR count). The van der Waals surface area contributed by atoms with E-state index in [2.05, 4.69) is 6.58 Å². The van der Waals surface area contributed by atoms with Gasteiger partial charge in [0.15, 0.2) is 0 Å². The van der Waals surface area contributed by atoms with Crippen LogP contribution in [-0.4, -0.2) is 17.9 Å². The van der Waals surface area contributed by atoms with Crippen LogP contribution in [0, 0.1) is 5.92 Å². The van der Waals surface area contributed by atoms with Crippen molar-refractivity contribution >= 4 is 0 Å². The third-order valence-corrected chi connectivity index (χ3v) is 2.82. The molecule has 0 aliphatic heterocycles. The highest BCUT2D eigenvalue weighted by molar-refractivity contribution is 5.13. The molecule has 2 N–H and O–H groups in total. The first-order chi connectivity index (χ1) is 9.43. The van der Waals surface area contributed by atoms with Crippen molar-refractivity contribution in [1.29, 1.82) is 0 Å². The highest BCUT2D eigenvalue weighted by Gasteiger charge is 2.39. The molecule has 0 spiro atoms. The minimum atomic E-state index is -4.29. The molecular weight excluding hydrogens is 269 g/mol. The Balaban J connectivity index is 2.45. The van der Waals surface area contributed by atoms with E-state index in [0.717, 1.165) is 10.7 Å². The molecule has 1 aromatic rings.